The number of likely N-dealkylation sites (tertiary alicyclic amines) is 1. The molecule has 1 saturated carbocycles. The van der Waals surface area contributed by atoms with Crippen LogP contribution in [0.4, 0.5) is 19.0 Å². The van der Waals surface area contributed by atoms with E-state index in [9.17, 15) is 18.3 Å². The molecule has 0 radical (unpaired) electrons. The molecular weight excluding hydrogens is 443 g/mol. The number of nitrogens with zero attached hydrogens (tertiary/aromatic N) is 4. The van der Waals surface area contributed by atoms with E-state index in [2.05, 4.69) is 15.3 Å². The maximum Gasteiger partial charge on any atom is 0.391 e. The molecule has 1 aliphatic carbocycles. The van der Waals surface area contributed by atoms with Gasteiger partial charge in [-0.1, -0.05) is 18.6 Å². The van der Waals surface area contributed by atoms with Crippen molar-refractivity contribution >= 4 is 11.5 Å². The molecule has 5 rings (SSSR count). The molecule has 34 heavy (non-hydrogen) atoms. The van der Waals surface area contributed by atoms with E-state index in [4.69, 9.17) is 4.98 Å². The lowest BCUT2D eigenvalue weighted by Crippen LogP contribution is -2.47. The molecule has 0 spiro atoms. The summed E-state index contributed by atoms with van der Waals surface area (Å²) in [6, 6.07) is 9.22. The smallest absolute Gasteiger partial charge is 0.391 e. The van der Waals surface area contributed by atoms with E-state index >= 15 is 0 Å². The Bertz CT molecular complexity index is 1150. The number of phenolic OH excluding ortho intramolecular Hbond substituents is 1. The number of phenols is 1. The lowest BCUT2D eigenvalue weighted by atomic mass is 9.83. The molecule has 2 fully saturated rings. The number of anilines is 1. The third kappa shape index (κ3) is 4.58. The van der Waals surface area contributed by atoms with E-state index in [1.807, 2.05) is 25.1 Å². The number of aryl methyl sites for hydroxylation is 1. The Labute approximate surface area is 196 Å². The van der Waals surface area contributed by atoms with Gasteiger partial charge in [-0.15, -0.1) is 0 Å². The summed E-state index contributed by atoms with van der Waals surface area (Å²) in [5, 5.41) is 18.4. The lowest BCUT2D eigenvalue weighted by molar-refractivity contribution is -0.187. The summed E-state index contributed by atoms with van der Waals surface area (Å²) in [5.74, 6) is -0.201. The van der Waals surface area contributed by atoms with Crippen molar-refractivity contribution in [1.29, 1.82) is 0 Å². The highest BCUT2D eigenvalue weighted by atomic mass is 19.4. The standard InChI is InChI=1S/C25H30F3N5O/c1-16-15-29-33-23(14-21(31-24(16)33)20-7-2-3-8-22(20)34)30-18-9-11-32(12-10-18)19-6-4-5-17(13-19)25(26,27)28/h2-3,7-8,14-15,17-19,30,34H,4-6,9-13H2,1H3. The van der Waals surface area contributed by atoms with E-state index in [0.717, 1.165) is 49.4 Å². The largest absolute Gasteiger partial charge is 0.507 e. The third-order valence-corrected chi connectivity index (χ3v) is 7.34. The Morgan fingerprint density at radius 3 is 2.59 bits per heavy atom. The van der Waals surface area contributed by atoms with Crippen molar-refractivity contribution in [3.63, 3.8) is 0 Å². The number of aromatic hydroxyl groups is 1. The van der Waals surface area contributed by atoms with Gasteiger partial charge in [0.25, 0.3) is 0 Å². The van der Waals surface area contributed by atoms with Crippen LogP contribution in [0.1, 0.15) is 44.1 Å². The number of rotatable bonds is 4. The first-order valence-corrected chi connectivity index (χ1v) is 12.0. The fourth-order valence-corrected chi connectivity index (χ4v) is 5.41. The van der Waals surface area contributed by atoms with Gasteiger partial charge in [0.05, 0.1) is 17.8 Å². The summed E-state index contributed by atoms with van der Waals surface area (Å²) in [4.78, 5) is 6.97. The molecule has 2 aromatic heterocycles. The van der Waals surface area contributed by atoms with Gasteiger partial charge in [-0.3, -0.25) is 0 Å². The van der Waals surface area contributed by atoms with Gasteiger partial charge in [-0.2, -0.15) is 22.8 Å². The van der Waals surface area contributed by atoms with Gasteiger partial charge in [0.1, 0.15) is 11.6 Å². The van der Waals surface area contributed by atoms with Crippen LogP contribution >= 0.6 is 0 Å². The molecule has 9 heteroatoms. The van der Waals surface area contributed by atoms with E-state index < -0.39 is 12.1 Å². The number of nitrogens with one attached hydrogen (secondary N) is 1. The number of piperidine rings is 1. The lowest BCUT2D eigenvalue weighted by Gasteiger charge is -2.41. The minimum atomic E-state index is -4.09. The zero-order valence-corrected chi connectivity index (χ0v) is 19.2. The molecule has 0 bridgehead atoms. The summed E-state index contributed by atoms with van der Waals surface area (Å²) in [6.45, 7) is 3.52. The van der Waals surface area contributed by atoms with Gasteiger partial charge < -0.3 is 15.3 Å². The zero-order chi connectivity index (χ0) is 23.9. The van der Waals surface area contributed by atoms with Gasteiger partial charge in [-0.05, 0) is 51.2 Å². The number of alkyl halides is 3. The highest BCUT2D eigenvalue weighted by Gasteiger charge is 2.43. The van der Waals surface area contributed by atoms with Crippen molar-refractivity contribution in [1.82, 2.24) is 19.5 Å². The van der Waals surface area contributed by atoms with Crippen molar-refractivity contribution in [3.05, 3.63) is 42.1 Å². The SMILES string of the molecule is Cc1cnn2c(NC3CCN(C4CCCC(C(F)(F)F)C4)CC3)cc(-c3ccccc3O)nc12. The summed E-state index contributed by atoms with van der Waals surface area (Å²) >= 11 is 0. The van der Waals surface area contributed by atoms with Crippen molar-refractivity contribution < 1.29 is 18.3 Å². The summed E-state index contributed by atoms with van der Waals surface area (Å²) < 4.78 is 41.5. The number of para-hydroxylation sites is 1. The van der Waals surface area contributed by atoms with Crippen LogP contribution in [0.15, 0.2) is 36.5 Å². The predicted molar refractivity (Wildman–Crippen MR) is 125 cm³/mol. The number of fused-ring (bicyclic) bond motifs is 1. The molecule has 2 N–H and O–H groups in total. The molecule has 2 unspecified atom stereocenters. The molecule has 1 saturated heterocycles. The van der Waals surface area contributed by atoms with Crippen molar-refractivity contribution in [2.75, 3.05) is 18.4 Å². The van der Waals surface area contributed by atoms with Crippen LogP contribution in [0.5, 0.6) is 5.75 Å². The quantitative estimate of drug-likeness (QED) is 0.531. The highest BCUT2D eigenvalue weighted by molar-refractivity contribution is 5.72. The molecule has 3 aromatic rings. The van der Waals surface area contributed by atoms with E-state index in [1.54, 1.807) is 22.8 Å². The first-order valence-electron chi connectivity index (χ1n) is 12.0. The highest BCUT2D eigenvalue weighted by Crippen LogP contribution is 2.39. The van der Waals surface area contributed by atoms with E-state index in [-0.39, 0.29) is 30.7 Å². The zero-order valence-electron chi connectivity index (χ0n) is 19.2. The summed E-state index contributed by atoms with van der Waals surface area (Å²) in [5.41, 5.74) is 2.97. The third-order valence-electron chi connectivity index (χ3n) is 7.34. The van der Waals surface area contributed by atoms with Gasteiger partial charge in [0.2, 0.25) is 0 Å². The van der Waals surface area contributed by atoms with Gasteiger partial charge in [0.15, 0.2) is 5.65 Å². The molecule has 3 heterocycles. The van der Waals surface area contributed by atoms with Crippen LogP contribution < -0.4 is 5.32 Å². The average molecular weight is 474 g/mol. The number of aromatic nitrogens is 3. The minimum Gasteiger partial charge on any atom is -0.507 e. The van der Waals surface area contributed by atoms with E-state index in [0.29, 0.717) is 17.7 Å². The predicted octanol–water partition coefficient (Wildman–Crippen LogP) is 5.41. The van der Waals surface area contributed by atoms with Gasteiger partial charge in [0, 0.05) is 42.4 Å². The second kappa shape index (κ2) is 9.09. The Balaban J connectivity index is 1.31. The Morgan fingerprint density at radius 2 is 1.85 bits per heavy atom. The molecule has 1 aromatic carbocycles. The minimum absolute atomic E-state index is 0.0235. The topological polar surface area (TPSA) is 65.7 Å². The second-order valence-electron chi connectivity index (χ2n) is 9.62. The monoisotopic (exact) mass is 473 g/mol. The Hall–Kier alpha value is -2.81. The van der Waals surface area contributed by atoms with Gasteiger partial charge >= 0.3 is 6.18 Å². The van der Waals surface area contributed by atoms with Gasteiger partial charge in [-0.25, -0.2) is 4.98 Å². The number of hydrogen-bond donors (Lipinski definition) is 2. The molecule has 2 atom stereocenters. The summed E-state index contributed by atoms with van der Waals surface area (Å²) in [6.07, 6.45) is 1.37. The van der Waals surface area contributed by atoms with E-state index in [1.165, 1.54) is 0 Å². The van der Waals surface area contributed by atoms with Crippen LogP contribution in [0, 0.1) is 12.8 Å². The molecular formula is C25H30F3N5O. The normalized spacial score (nSPS) is 22.8. The summed E-state index contributed by atoms with van der Waals surface area (Å²) in [7, 11) is 0. The Morgan fingerprint density at radius 1 is 1.09 bits per heavy atom. The average Bonchev–Trinajstić information content (AvgIpc) is 3.20. The molecule has 6 nitrogen and oxygen atoms in total. The fourth-order valence-electron chi connectivity index (χ4n) is 5.41. The molecule has 0 amide bonds. The Kier molecular flexibility index (Phi) is 6.14. The molecule has 182 valence electrons. The van der Waals surface area contributed by atoms with Crippen LogP contribution in [-0.2, 0) is 0 Å². The maximum absolute atomic E-state index is 13.2. The maximum atomic E-state index is 13.2. The van der Waals surface area contributed by atoms with Crippen LogP contribution in [0.25, 0.3) is 16.9 Å². The second-order valence-corrected chi connectivity index (χ2v) is 9.62. The number of hydrogen-bond acceptors (Lipinski definition) is 5. The van der Waals surface area contributed by atoms with Crippen LogP contribution in [0.3, 0.4) is 0 Å². The van der Waals surface area contributed by atoms with Crippen LogP contribution in [-0.4, -0.2) is 56.0 Å². The fraction of sp³-hybridized carbons (Fsp3) is 0.520. The van der Waals surface area contributed by atoms with Crippen molar-refractivity contribution in [2.45, 2.75) is 63.7 Å². The van der Waals surface area contributed by atoms with Crippen molar-refractivity contribution in [2.24, 2.45) is 5.92 Å². The first-order chi connectivity index (χ1) is 16.3. The molecule has 1 aliphatic heterocycles. The first kappa shape index (κ1) is 23.0. The number of benzene rings is 1. The van der Waals surface area contributed by atoms with Crippen LogP contribution in [0.2, 0.25) is 0 Å². The molecule has 2 aliphatic rings. The number of halogens is 3. The van der Waals surface area contributed by atoms with Crippen molar-refractivity contribution in [3.8, 4) is 17.0 Å².